The van der Waals surface area contributed by atoms with Crippen LogP contribution in [-0.4, -0.2) is 0 Å². The first kappa shape index (κ1) is 15.2. The number of fused-ring (bicyclic) bond motifs is 1. The molecule has 1 aliphatic rings. The van der Waals surface area contributed by atoms with Gasteiger partial charge < -0.3 is 0 Å². The van der Waals surface area contributed by atoms with Crippen LogP contribution in [0.1, 0.15) is 58.8 Å². The number of hydrogen-bond donors (Lipinski definition) is 0. The quantitative estimate of drug-likeness (QED) is 0.558. The van der Waals surface area contributed by atoms with Crippen molar-refractivity contribution in [3.8, 4) is 0 Å². The summed E-state index contributed by atoms with van der Waals surface area (Å²) in [6.07, 6.45) is 0.0818. The molecule has 0 heterocycles. The number of halogens is 1. The van der Waals surface area contributed by atoms with Crippen molar-refractivity contribution < 1.29 is 4.39 Å². The molecule has 0 nitrogen and oxygen atoms in total. The Bertz CT molecular complexity index is 302. The van der Waals surface area contributed by atoms with Gasteiger partial charge in [-0.15, -0.1) is 0 Å². The molecule has 0 saturated carbocycles. The van der Waals surface area contributed by atoms with Crippen LogP contribution in [0.4, 0.5) is 4.39 Å². The zero-order chi connectivity index (χ0) is 12.8. The zero-order valence-corrected chi connectivity index (χ0v) is 11.5. The average Bonchev–Trinajstić information content (AvgIpc) is 2.56. The first-order valence-corrected chi connectivity index (χ1v) is 6.33. The Hall–Kier alpha value is -0.850. The Morgan fingerprint density at radius 1 is 1.06 bits per heavy atom. The van der Waals surface area contributed by atoms with Crippen molar-refractivity contribution in [3.63, 3.8) is 0 Å². The van der Waals surface area contributed by atoms with Gasteiger partial charge in [-0.1, -0.05) is 65.8 Å². The van der Waals surface area contributed by atoms with Crippen LogP contribution in [-0.2, 0) is 6.42 Å². The molecule has 0 spiro atoms. The summed E-state index contributed by atoms with van der Waals surface area (Å²) in [5.74, 6) is 0. The van der Waals surface area contributed by atoms with Gasteiger partial charge in [-0.25, -0.2) is 4.39 Å². The van der Waals surface area contributed by atoms with Crippen molar-refractivity contribution >= 4 is 0 Å². The van der Waals surface area contributed by atoms with E-state index >= 15 is 0 Å². The second kappa shape index (κ2) is 6.67. The summed E-state index contributed by atoms with van der Waals surface area (Å²) in [5.41, 5.74) is 1.86. The van der Waals surface area contributed by atoms with Crippen LogP contribution in [0.5, 0.6) is 0 Å². The molecule has 1 aromatic rings. The highest BCUT2D eigenvalue weighted by molar-refractivity contribution is 5.36. The molecule has 0 aliphatic heterocycles. The van der Waals surface area contributed by atoms with Crippen LogP contribution in [0.15, 0.2) is 24.3 Å². The Balaban J connectivity index is 0.000000509. The van der Waals surface area contributed by atoms with Gasteiger partial charge >= 0.3 is 0 Å². The van der Waals surface area contributed by atoms with Crippen molar-refractivity contribution in [1.29, 1.82) is 0 Å². The fraction of sp³-hybridized carbons (Fsp3) is 0.600. The molecule has 92 valence electrons. The van der Waals surface area contributed by atoms with Crippen LogP contribution >= 0.6 is 0 Å². The third-order valence-electron chi connectivity index (χ3n) is 2.66. The van der Waals surface area contributed by atoms with E-state index < -0.39 is 6.17 Å². The Morgan fingerprint density at radius 3 is 2.06 bits per heavy atom. The summed E-state index contributed by atoms with van der Waals surface area (Å²) < 4.78 is 13.7. The number of hydrogen-bond acceptors (Lipinski definition) is 0. The van der Waals surface area contributed by atoms with Gasteiger partial charge in [0.15, 0.2) is 0 Å². The van der Waals surface area contributed by atoms with Gasteiger partial charge in [0.05, 0.1) is 0 Å². The average molecular weight is 224 g/mol. The lowest BCUT2D eigenvalue weighted by molar-refractivity contribution is 0.167. The predicted molar refractivity (Wildman–Crippen MR) is 70.5 cm³/mol. The van der Waals surface area contributed by atoms with Gasteiger partial charge in [0.25, 0.3) is 0 Å². The van der Waals surface area contributed by atoms with E-state index in [1.54, 1.807) is 0 Å². The molecule has 1 aliphatic carbocycles. The predicted octanol–water partition coefficient (Wildman–Crippen LogP) is 5.33. The van der Waals surface area contributed by atoms with Gasteiger partial charge in [0.2, 0.25) is 0 Å². The SMILES string of the molecule is CC.CC.CC1(C)Cc2ccccc2C1F. The van der Waals surface area contributed by atoms with Crippen LogP contribution in [0.2, 0.25) is 0 Å². The van der Waals surface area contributed by atoms with E-state index in [9.17, 15) is 4.39 Å². The van der Waals surface area contributed by atoms with Gasteiger partial charge in [0, 0.05) is 5.41 Å². The summed E-state index contributed by atoms with van der Waals surface area (Å²) in [7, 11) is 0. The smallest absolute Gasteiger partial charge is 0.131 e. The van der Waals surface area contributed by atoms with E-state index in [1.165, 1.54) is 5.56 Å². The lowest BCUT2D eigenvalue weighted by Gasteiger charge is -2.19. The molecule has 1 unspecified atom stereocenters. The third kappa shape index (κ3) is 3.07. The van der Waals surface area contributed by atoms with Gasteiger partial charge in [0.1, 0.15) is 6.17 Å². The molecule has 0 N–H and O–H groups in total. The summed E-state index contributed by atoms with van der Waals surface area (Å²) >= 11 is 0. The van der Waals surface area contributed by atoms with E-state index in [2.05, 4.69) is 0 Å². The number of alkyl halides is 1. The maximum absolute atomic E-state index is 13.7. The van der Waals surface area contributed by atoms with E-state index in [1.807, 2.05) is 65.8 Å². The maximum atomic E-state index is 13.7. The van der Waals surface area contributed by atoms with Crippen LogP contribution in [0, 0.1) is 5.41 Å². The van der Waals surface area contributed by atoms with E-state index in [0.29, 0.717) is 0 Å². The zero-order valence-electron chi connectivity index (χ0n) is 11.5. The minimum Gasteiger partial charge on any atom is -0.242 e. The molecule has 0 bridgehead atoms. The topological polar surface area (TPSA) is 0 Å². The lowest BCUT2D eigenvalue weighted by Crippen LogP contribution is -2.13. The normalized spacial score (nSPS) is 19.8. The molecule has 2 rings (SSSR count). The number of rotatable bonds is 0. The maximum Gasteiger partial charge on any atom is 0.131 e. The Labute approximate surface area is 99.9 Å². The molecule has 0 amide bonds. The summed E-state index contributed by atoms with van der Waals surface area (Å²) in [5, 5.41) is 0. The van der Waals surface area contributed by atoms with Crippen molar-refractivity contribution in [2.45, 2.75) is 54.1 Å². The van der Waals surface area contributed by atoms with Gasteiger partial charge in [-0.05, 0) is 17.5 Å². The number of benzene rings is 1. The minimum atomic E-state index is -0.784. The highest BCUT2D eigenvalue weighted by atomic mass is 19.1. The summed E-state index contributed by atoms with van der Waals surface area (Å²) in [6, 6.07) is 7.81. The van der Waals surface area contributed by atoms with Gasteiger partial charge in [-0.3, -0.25) is 0 Å². The van der Waals surface area contributed by atoms with E-state index in [0.717, 1.165) is 12.0 Å². The molecule has 16 heavy (non-hydrogen) atoms. The molecule has 0 fully saturated rings. The molecule has 0 radical (unpaired) electrons. The first-order chi connectivity index (χ1) is 7.61. The molecular formula is C15H25F. The molecule has 1 atom stereocenters. The molecule has 1 aromatic carbocycles. The van der Waals surface area contributed by atoms with Crippen molar-refractivity contribution in [3.05, 3.63) is 35.4 Å². The third-order valence-corrected chi connectivity index (χ3v) is 2.66. The molecule has 0 aromatic heterocycles. The summed E-state index contributed by atoms with van der Waals surface area (Å²) in [6.45, 7) is 12.0. The summed E-state index contributed by atoms with van der Waals surface area (Å²) in [4.78, 5) is 0. The Kier molecular flexibility index (Phi) is 6.32. The molecular weight excluding hydrogens is 199 g/mol. The fourth-order valence-corrected chi connectivity index (χ4v) is 1.94. The van der Waals surface area contributed by atoms with Crippen molar-refractivity contribution in [2.24, 2.45) is 5.41 Å². The highest BCUT2D eigenvalue weighted by Crippen LogP contribution is 2.47. The van der Waals surface area contributed by atoms with Crippen LogP contribution in [0.25, 0.3) is 0 Å². The van der Waals surface area contributed by atoms with Crippen molar-refractivity contribution in [2.75, 3.05) is 0 Å². The molecule has 0 saturated heterocycles. The second-order valence-electron chi connectivity index (χ2n) is 4.23. The van der Waals surface area contributed by atoms with Gasteiger partial charge in [-0.2, -0.15) is 0 Å². The largest absolute Gasteiger partial charge is 0.242 e. The second-order valence-corrected chi connectivity index (χ2v) is 4.23. The van der Waals surface area contributed by atoms with Crippen LogP contribution in [0.3, 0.4) is 0 Å². The highest BCUT2D eigenvalue weighted by Gasteiger charge is 2.38. The molecule has 1 heteroatoms. The monoisotopic (exact) mass is 224 g/mol. The Morgan fingerprint density at radius 2 is 1.56 bits per heavy atom. The van der Waals surface area contributed by atoms with E-state index in [4.69, 9.17) is 0 Å². The first-order valence-electron chi connectivity index (χ1n) is 6.33. The standard InChI is InChI=1S/C11H13F.2C2H6/c1-11(2)7-8-5-3-4-6-9(8)10(11)12;2*1-2/h3-6,10H,7H2,1-2H3;2*1-2H3. The lowest BCUT2D eigenvalue weighted by atomic mass is 9.88. The van der Waals surface area contributed by atoms with Crippen molar-refractivity contribution in [1.82, 2.24) is 0 Å². The van der Waals surface area contributed by atoms with E-state index in [-0.39, 0.29) is 5.41 Å². The fourth-order valence-electron chi connectivity index (χ4n) is 1.94. The van der Waals surface area contributed by atoms with Crippen LogP contribution < -0.4 is 0 Å². The minimum absolute atomic E-state index is 0.205.